The standard InChI is InChI=1S/C17H27NO/c1-3-5-6-7-12-18-16-11-13-19-17-14(4-2)9-8-10-15(16)17/h8-10,16,18H,3-7,11-13H2,1-2H3. The zero-order chi connectivity index (χ0) is 13.5. The lowest BCUT2D eigenvalue weighted by atomic mass is 9.96. The summed E-state index contributed by atoms with van der Waals surface area (Å²) in [5.74, 6) is 1.14. The van der Waals surface area contributed by atoms with E-state index in [1.807, 2.05) is 0 Å². The average molecular weight is 261 g/mol. The molecule has 1 N–H and O–H groups in total. The summed E-state index contributed by atoms with van der Waals surface area (Å²) in [5.41, 5.74) is 2.70. The van der Waals surface area contributed by atoms with Gasteiger partial charge in [0.25, 0.3) is 0 Å². The van der Waals surface area contributed by atoms with Crippen LogP contribution in [-0.4, -0.2) is 13.2 Å². The molecule has 0 spiro atoms. The van der Waals surface area contributed by atoms with Crippen LogP contribution in [-0.2, 0) is 6.42 Å². The van der Waals surface area contributed by atoms with Crippen LogP contribution in [0.15, 0.2) is 18.2 Å². The van der Waals surface area contributed by atoms with Crippen molar-refractivity contribution in [1.29, 1.82) is 0 Å². The Morgan fingerprint density at radius 1 is 1.21 bits per heavy atom. The molecule has 0 saturated carbocycles. The first-order valence-corrected chi connectivity index (χ1v) is 7.84. The highest BCUT2D eigenvalue weighted by Gasteiger charge is 2.22. The van der Waals surface area contributed by atoms with Gasteiger partial charge in [0.1, 0.15) is 5.75 Å². The van der Waals surface area contributed by atoms with E-state index in [9.17, 15) is 0 Å². The summed E-state index contributed by atoms with van der Waals surface area (Å²) in [5, 5.41) is 3.71. The highest BCUT2D eigenvalue weighted by molar-refractivity contribution is 5.44. The summed E-state index contributed by atoms with van der Waals surface area (Å²) in [6.45, 7) is 6.42. The monoisotopic (exact) mass is 261 g/mol. The molecule has 0 bridgehead atoms. The van der Waals surface area contributed by atoms with Gasteiger partial charge in [0.15, 0.2) is 0 Å². The Hall–Kier alpha value is -1.02. The molecule has 1 aliphatic heterocycles. The van der Waals surface area contributed by atoms with E-state index in [0.29, 0.717) is 6.04 Å². The van der Waals surface area contributed by atoms with Crippen molar-refractivity contribution in [2.45, 2.75) is 58.4 Å². The van der Waals surface area contributed by atoms with E-state index in [4.69, 9.17) is 4.74 Å². The van der Waals surface area contributed by atoms with Gasteiger partial charge in [-0.1, -0.05) is 51.3 Å². The molecule has 0 radical (unpaired) electrons. The highest BCUT2D eigenvalue weighted by Crippen LogP contribution is 2.35. The third kappa shape index (κ3) is 3.73. The van der Waals surface area contributed by atoms with Gasteiger partial charge in [-0.3, -0.25) is 0 Å². The second kappa shape index (κ2) is 7.54. The first-order valence-electron chi connectivity index (χ1n) is 7.84. The normalized spacial score (nSPS) is 17.9. The fourth-order valence-corrected chi connectivity index (χ4v) is 2.81. The summed E-state index contributed by atoms with van der Waals surface area (Å²) >= 11 is 0. The van der Waals surface area contributed by atoms with Crippen LogP contribution in [0.4, 0.5) is 0 Å². The lowest BCUT2D eigenvalue weighted by Crippen LogP contribution is -2.28. The number of fused-ring (bicyclic) bond motifs is 1. The Bertz CT molecular complexity index is 389. The van der Waals surface area contributed by atoms with Crippen molar-refractivity contribution in [2.75, 3.05) is 13.2 Å². The molecular weight excluding hydrogens is 234 g/mol. The van der Waals surface area contributed by atoms with Gasteiger partial charge in [-0.15, -0.1) is 0 Å². The predicted molar refractivity (Wildman–Crippen MR) is 80.8 cm³/mol. The van der Waals surface area contributed by atoms with Crippen LogP contribution in [0.2, 0.25) is 0 Å². The van der Waals surface area contributed by atoms with Gasteiger partial charge in [0.2, 0.25) is 0 Å². The first kappa shape index (κ1) is 14.4. The molecule has 1 aromatic rings. The van der Waals surface area contributed by atoms with Gasteiger partial charge in [-0.2, -0.15) is 0 Å². The summed E-state index contributed by atoms with van der Waals surface area (Å²) in [4.78, 5) is 0. The van der Waals surface area contributed by atoms with Crippen LogP contribution in [0.5, 0.6) is 5.75 Å². The van der Waals surface area contributed by atoms with E-state index in [2.05, 4.69) is 37.4 Å². The number of aryl methyl sites for hydroxylation is 1. The van der Waals surface area contributed by atoms with Crippen molar-refractivity contribution in [1.82, 2.24) is 5.32 Å². The molecule has 2 rings (SSSR count). The quantitative estimate of drug-likeness (QED) is 0.741. The molecule has 1 unspecified atom stereocenters. The number of hydrogen-bond acceptors (Lipinski definition) is 2. The van der Waals surface area contributed by atoms with Gasteiger partial charge in [0, 0.05) is 18.0 Å². The van der Waals surface area contributed by atoms with Crippen molar-refractivity contribution < 1.29 is 4.74 Å². The maximum absolute atomic E-state index is 5.88. The Kier molecular flexibility index (Phi) is 5.71. The van der Waals surface area contributed by atoms with E-state index in [-0.39, 0.29) is 0 Å². The summed E-state index contributed by atoms with van der Waals surface area (Å²) in [6, 6.07) is 7.05. The molecule has 0 amide bonds. The van der Waals surface area contributed by atoms with Crippen molar-refractivity contribution in [2.24, 2.45) is 0 Å². The molecule has 0 fully saturated rings. The minimum atomic E-state index is 0.483. The topological polar surface area (TPSA) is 21.3 Å². The van der Waals surface area contributed by atoms with Crippen molar-refractivity contribution in [3.05, 3.63) is 29.3 Å². The fraction of sp³-hybridized carbons (Fsp3) is 0.647. The first-order chi connectivity index (χ1) is 9.36. The van der Waals surface area contributed by atoms with Gasteiger partial charge in [0.05, 0.1) is 6.61 Å². The van der Waals surface area contributed by atoms with Crippen LogP contribution >= 0.6 is 0 Å². The van der Waals surface area contributed by atoms with Crippen LogP contribution in [0, 0.1) is 0 Å². The summed E-state index contributed by atoms with van der Waals surface area (Å²) in [7, 11) is 0. The maximum Gasteiger partial charge on any atom is 0.127 e. The second-order valence-electron chi connectivity index (χ2n) is 5.39. The van der Waals surface area contributed by atoms with Crippen molar-refractivity contribution in [3.8, 4) is 5.75 Å². The maximum atomic E-state index is 5.88. The summed E-state index contributed by atoms with van der Waals surface area (Å²) < 4.78 is 5.88. The predicted octanol–water partition coefficient (Wildman–Crippen LogP) is 4.24. The number of ether oxygens (including phenoxy) is 1. The third-order valence-electron chi connectivity index (χ3n) is 3.96. The number of unbranched alkanes of at least 4 members (excludes halogenated alkanes) is 3. The Balaban J connectivity index is 1.94. The number of nitrogens with one attached hydrogen (secondary N) is 1. The minimum Gasteiger partial charge on any atom is -0.493 e. The Morgan fingerprint density at radius 2 is 2.11 bits per heavy atom. The lowest BCUT2D eigenvalue weighted by Gasteiger charge is -2.28. The molecule has 1 atom stereocenters. The molecule has 19 heavy (non-hydrogen) atoms. The van der Waals surface area contributed by atoms with Gasteiger partial charge < -0.3 is 10.1 Å². The van der Waals surface area contributed by atoms with Crippen molar-refractivity contribution >= 4 is 0 Å². The van der Waals surface area contributed by atoms with Gasteiger partial charge in [-0.05, 0) is 24.9 Å². The zero-order valence-corrected chi connectivity index (χ0v) is 12.4. The van der Waals surface area contributed by atoms with Gasteiger partial charge in [-0.25, -0.2) is 0 Å². The smallest absolute Gasteiger partial charge is 0.127 e. The number of benzene rings is 1. The molecule has 2 nitrogen and oxygen atoms in total. The van der Waals surface area contributed by atoms with E-state index in [1.54, 1.807) is 0 Å². The highest BCUT2D eigenvalue weighted by atomic mass is 16.5. The van der Waals surface area contributed by atoms with E-state index >= 15 is 0 Å². The fourth-order valence-electron chi connectivity index (χ4n) is 2.81. The number of rotatable bonds is 7. The van der Waals surface area contributed by atoms with Crippen LogP contribution in [0.3, 0.4) is 0 Å². The second-order valence-corrected chi connectivity index (χ2v) is 5.39. The van der Waals surface area contributed by atoms with E-state index < -0.39 is 0 Å². The Morgan fingerprint density at radius 3 is 2.89 bits per heavy atom. The van der Waals surface area contributed by atoms with Crippen LogP contribution in [0.25, 0.3) is 0 Å². The molecule has 1 aromatic carbocycles. The third-order valence-corrected chi connectivity index (χ3v) is 3.96. The van der Waals surface area contributed by atoms with Crippen molar-refractivity contribution in [3.63, 3.8) is 0 Å². The van der Waals surface area contributed by atoms with Crippen LogP contribution < -0.4 is 10.1 Å². The average Bonchev–Trinajstić information content (AvgIpc) is 2.46. The van der Waals surface area contributed by atoms with Crippen LogP contribution in [0.1, 0.15) is 63.1 Å². The minimum absolute atomic E-state index is 0.483. The molecule has 1 aliphatic rings. The zero-order valence-electron chi connectivity index (χ0n) is 12.4. The largest absolute Gasteiger partial charge is 0.493 e. The molecule has 106 valence electrons. The number of para-hydroxylation sites is 1. The Labute approximate surface area is 117 Å². The van der Waals surface area contributed by atoms with E-state index in [1.165, 1.54) is 36.8 Å². The molecule has 1 heterocycles. The molecule has 0 aromatic heterocycles. The number of hydrogen-bond donors (Lipinski definition) is 1. The lowest BCUT2D eigenvalue weighted by molar-refractivity contribution is 0.250. The molecule has 0 saturated heterocycles. The molecule has 2 heteroatoms. The van der Waals surface area contributed by atoms with Gasteiger partial charge >= 0.3 is 0 Å². The SMILES string of the molecule is CCCCCCNC1CCOc2c(CC)cccc21. The van der Waals surface area contributed by atoms with E-state index in [0.717, 1.165) is 31.7 Å². The molecule has 0 aliphatic carbocycles. The molecular formula is C17H27NO. The summed E-state index contributed by atoms with van der Waals surface area (Å²) in [6.07, 6.45) is 7.43.